The summed E-state index contributed by atoms with van der Waals surface area (Å²) < 4.78 is 0. The number of hydrogen-bond donors (Lipinski definition) is 2. The summed E-state index contributed by atoms with van der Waals surface area (Å²) >= 11 is 5.96. The van der Waals surface area contributed by atoms with Crippen molar-refractivity contribution in [2.75, 3.05) is 56.0 Å². The van der Waals surface area contributed by atoms with Gasteiger partial charge in [0.05, 0.1) is 13.0 Å². The van der Waals surface area contributed by atoms with Gasteiger partial charge in [-0.2, -0.15) is 0 Å². The van der Waals surface area contributed by atoms with Crippen LogP contribution in [-0.4, -0.2) is 89.3 Å². The molecule has 2 aliphatic heterocycles. The maximum Gasteiger partial charge on any atom is 0.243 e. The van der Waals surface area contributed by atoms with Gasteiger partial charge in [0.15, 0.2) is 0 Å². The average molecular weight is 472 g/mol. The molecule has 1 aromatic heterocycles. The van der Waals surface area contributed by atoms with Crippen LogP contribution in [0.15, 0.2) is 42.7 Å². The number of aromatic nitrogens is 2. The molecule has 0 spiro atoms. The van der Waals surface area contributed by atoms with Crippen LogP contribution < -0.4 is 15.5 Å². The van der Waals surface area contributed by atoms with Crippen molar-refractivity contribution in [3.63, 3.8) is 0 Å². The minimum Gasteiger partial charge on any atom is -0.353 e. The van der Waals surface area contributed by atoms with Gasteiger partial charge in [0.2, 0.25) is 23.7 Å². The minimum atomic E-state index is -0.843. The molecule has 33 heavy (non-hydrogen) atoms. The van der Waals surface area contributed by atoms with Crippen LogP contribution in [0.5, 0.6) is 0 Å². The van der Waals surface area contributed by atoms with Crippen LogP contribution in [0.25, 0.3) is 0 Å². The molecule has 2 fully saturated rings. The third kappa shape index (κ3) is 5.96. The maximum absolute atomic E-state index is 13.1. The molecule has 2 N–H and O–H groups in total. The molecule has 0 unspecified atom stereocenters. The lowest BCUT2D eigenvalue weighted by Gasteiger charge is -2.38. The Bertz CT molecular complexity index is 998. The largest absolute Gasteiger partial charge is 0.353 e. The van der Waals surface area contributed by atoms with E-state index in [1.165, 1.54) is 4.90 Å². The van der Waals surface area contributed by atoms with Gasteiger partial charge in [-0.15, -0.1) is 0 Å². The molecule has 174 valence electrons. The Labute approximate surface area is 196 Å². The van der Waals surface area contributed by atoms with E-state index in [4.69, 9.17) is 11.6 Å². The van der Waals surface area contributed by atoms with Crippen molar-refractivity contribution < 1.29 is 14.4 Å². The van der Waals surface area contributed by atoms with E-state index in [2.05, 4.69) is 30.4 Å². The molecule has 2 saturated heterocycles. The quantitative estimate of drug-likeness (QED) is 0.635. The zero-order chi connectivity index (χ0) is 23.2. The highest BCUT2D eigenvalue weighted by atomic mass is 35.5. The number of amides is 3. The molecule has 3 amide bonds. The number of hydrogen-bond acceptors (Lipinski definition) is 7. The number of piperazine rings is 2. The number of nitrogens with one attached hydrogen (secondary N) is 2. The lowest BCUT2D eigenvalue weighted by Crippen LogP contribution is -2.60. The minimum absolute atomic E-state index is 0.122. The van der Waals surface area contributed by atoms with E-state index < -0.39 is 6.04 Å². The number of nitrogens with zero attached hydrogens (tertiary/aromatic N) is 5. The summed E-state index contributed by atoms with van der Waals surface area (Å²) in [4.78, 5) is 52.3. The number of rotatable bonds is 6. The highest BCUT2D eigenvalue weighted by Gasteiger charge is 2.35. The van der Waals surface area contributed by atoms with Gasteiger partial charge in [0.25, 0.3) is 0 Å². The van der Waals surface area contributed by atoms with Crippen LogP contribution >= 0.6 is 11.6 Å². The van der Waals surface area contributed by atoms with E-state index in [9.17, 15) is 14.4 Å². The van der Waals surface area contributed by atoms with Gasteiger partial charge < -0.3 is 20.4 Å². The second-order valence-electron chi connectivity index (χ2n) is 7.97. The Balaban J connectivity index is 1.32. The number of benzene rings is 1. The Morgan fingerprint density at radius 3 is 2.58 bits per heavy atom. The van der Waals surface area contributed by atoms with Gasteiger partial charge in [0.1, 0.15) is 6.04 Å². The molecule has 0 saturated carbocycles. The van der Waals surface area contributed by atoms with Gasteiger partial charge in [-0.1, -0.05) is 17.7 Å². The van der Waals surface area contributed by atoms with E-state index in [1.54, 1.807) is 42.7 Å². The van der Waals surface area contributed by atoms with E-state index in [0.29, 0.717) is 55.9 Å². The summed E-state index contributed by atoms with van der Waals surface area (Å²) in [6.45, 7) is 3.73. The van der Waals surface area contributed by atoms with Crippen molar-refractivity contribution in [3.05, 3.63) is 47.7 Å². The van der Waals surface area contributed by atoms with Gasteiger partial charge >= 0.3 is 0 Å². The predicted molar refractivity (Wildman–Crippen MR) is 124 cm³/mol. The van der Waals surface area contributed by atoms with Crippen molar-refractivity contribution in [2.24, 2.45) is 0 Å². The highest BCUT2D eigenvalue weighted by molar-refractivity contribution is 6.30. The Hall–Kier alpha value is -3.24. The number of halogens is 1. The van der Waals surface area contributed by atoms with Crippen molar-refractivity contribution in [1.29, 1.82) is 0 Å². The smallest absolute Gasteiger partial charge is 0.243 e. The first-order chi connectivity index (χ1) is 16.0. The van der Waals surface area contributed by atoms with E-state index in [0.717, 1.165) is 0 Å². The van der Waals surface area contributed by atoms with E-state index in [1.807, 2.05) is 0 Å². The van der Waals surface area contributed by atoms with Crippen molar-refractivity contribution in [2.45, 2.75) is 12.5 Å². The third-order valence-electron chi connectivity index (χ3n) is 5.70. The van der Waals surface area contributed by atoms with Gasteiger partial charge in [-0.3, -0.25) is 19.3 Å². The van der Waals surface area contributed by atoms with Crippen LogP contribution in [-0.2, 0) is 14.4 Å². The zero-order valence-corrected chi connectivity index (χ0v) is 18.9. The van der Waals surface area contributed by atoms with Gasteiger partial charge in [-0.05, 0) is 24.3 Å². The second kappa shape index (κ2) is 10.6. The fraction of sp³-hybridized carbons (Fsp3) is 0.409. The standard InChI is InChI=1S/C22H26ClN7O3/c23-16-3-1-4-17(13-16)27-19(31)14-18-21(33)24-7-8-30(18)20(32)15-28-9-11-29(12-10-28)22-25-5-2-6-26-22/h1-6,13,18H,7-12,14-15H2,(H,24,33)(H,27,31)/t18-/m0/s1. The normalized spacial score (nSPS) is 19.2. The Morgan fingerprint density at radius 2 is 1.85 bits per heavy atom. The number of anilines is 2. The molecule has 0 radical (unpaired) electrons. The SMILES string of the molecule is O=C(C[C@H]1C(=O)NCCN1C(=O)CN1CCN(c2ncccn2)CC1)Nc1cccc(Cl)c1. The Morgan fingerprint density at radius 1 is 1.09 bits per heavy atom. The summed E-state index contributed by atoms with van der Waals surface area (Å²) in [5.41, 5.74) is 0.543. The lowest BCUT2D eigenvalue weighted by atomic mass is 10.1. The van der Waals surface area contributed by atoms with Crippen LogP contribution in [0.4, 0.5) is 11.6 Å². The average Bonchev–Trinajstić information content (AvgIpc) is 2.81. The molecule has 2 aliphatic rings. The monoisotopic (exact) mass is 471 g/mol. The first-order valence-corrected chi connectivity index (χ1v) is 11.2. The summed E-state index contributed by atoms with van der Waals surface area (Å²) in [5, 5.41) is 6.00. The molecule has 1 aromatic carbocycles. The van der Waals surface area contributed by atoms with E-state index >= 15 is 0 Å². The summed E-state index contributed by atoms with van der Waals surface area (Å²) in [5.74, 6) is -0.146. The van der Waals surface area contributed by atoms with Crippen molar-refractivity contribution in [1.82, 2.24) is 25.1 Å². The molecular weight excluding hydrogens is 446 g/mol. The van der Waals surface area contributed by atoms with Crippen LogP contribution in [0, 0.1) is 0 Å². The Kier molecular flexibility index (Phi) is 7.36. The zero-order valence-electron chi connectivity index (χ0n) is 18.1. The molecule has 11 heteroatoms. The third-order valence-corrected chi connectivity index (χ3v) is 5.94. The lowest BCUT2D eigenvalue weighted by molar-refractivity contribution is -0.145. The topological polar surface area (TPSA) is 111 Å². The molecule has 3 heterocycles. The first-order valence-electron chi connectivity index (χ1n) is 10.9. The molecular formula is C22H26ClN7O3. The van der Waals surface area contributed by atoms with Crippen molar-refractivity contribution >= 4 is 41.0 Å². The van der Waals surface area contributed by atoms with Crippen molar-refractivity contribution in [3.8, 4) is 0 Å². The van der Waals surface area contributed by atoms with Crippen LogP contribution in [0.2, 0.25) is 5.02 Å². The summed E-state index contributed by atoms with van der Waals surface area (Å²) in [6, 6.07) is 7.71. The molecule has 2 aromatic rings. The van der Waals surface area contributed by atoms with Crippen LogP contribution in [0.3, 0.4) is 0 Å². The van der Waals surface area contributed by atoms with Gasteiger partial charge in [-0.25, -0.2) is 9.97 Å². The fourth-order valence-electron chi connectivity index (χ4n) is 4.01. The van der Waals surface area contributed by atoms with E-state index in [-0.39, 0.29) is 30.7 Å². The summed E-state index contributed by atoms with van der Waals surface area (Å²) in [6.07, 6.45) is 3.30. The maximum atomic E-state index is 13.1. The molecule has 0 aliphatic carbocycles. The number of carbonyl (C=O) groups is 3. The second-order valence-corrected chi connectivity index (χ2v) is 8.41. The first kappa shape index (κ1) is 22.9. The molecule has 10 nitrogen and oxygen atoms in total. The summed E-state index contributed by atoms with van der Waals surface area (Å²) in [7, 11) is 0. The van der Waals surface area contributed by atoms with Gasteiger partial charge in [0, 0.05) is 62.4 Å². The molecule has 0 bridgehead atoms. The fourth-order valence-corrected chi connectivity index (χ4v) is 4.20. The predicted octanol–water partition coefficient (Wildman–Crippen LogP) is 0.608. The number of carbonyl (C=O) groups excluding carboxylic acids is 3. The highest BCUT2D eigenvalue weighted by Crippen LogP contribution is 2.17. The molecule has 1 atom stereocenters. The van der Waals surface area contributed by atoms with Crippen LogP contribution in [0.1, 0.15) is 6.42 Å². The molecule has 4 rings (SSSR count).